The van der Waals surface area contributed by atoms with Crippen molar-refractivity contribution in [2.24, 2.45) is 17.8 Å². The topological polar surface area (TPSA) is 187 Å². The monoisotopic (exact) mass is 873 g/mol. The van der Waals surface area contributed by atoms with Crippen LogP contribution in [0.3, 0.4) is 0 Å². The van der Waals surface area contributed by atoms with Crippen LogP contribution in [-0.2, 0) is 61.8 Å². The molecule has 0 amide bonds. The molecular weight excluding hydrogens is 796 g/mol. The highest BCUT2D eigenvalue weighted by Gasteiger charge is 2.58. The minimum Gasteiger partial charge on any atom is -0.458 e. The maximum Gasteiger partial charge on any atom is 0.509 e. The van der Waals surface area contributed by atoms with E-state index in [0.717, 1.165) is 6.29 Å². The van der Waals surface area contributed by atoms with Gasteiger partial charge in [-0.25, -0.2) is 4.79 Å². The van der Waals surface area contributed by atoms with E-state index < -0.39 is 102 Å². The maximum atomic E-state index is 14.7. The summed E-state index contributed by atoms with van der Waals surface area (Å²) >= 11 is 0. The molecule has 1 N–H and O–H groups in total. The maximum absolute atomic E-state index is 14.7. The fourth-order valence-corrected chi connectivity index (χ4v) is 10.2. The van der Waals surface area contributed by atoms with Crippen molar-refractivity contribution in [2.45, 2.75) is 199 Å². The lowest BCUT2D eigenvalue weighted by molar-refractivity contribution is -0.321. The van der Waals surface area contributed by atoms with Crippen molar-refractivity contribution in [3.8, 4) is 0 Å². The Morgan fingerprint density at radius 2 is 1.66 bits per heavy atom. The van der Waals surface area contributed by atoms with Crippen LogP contribution in [0.25, 0.3) is 0 Å². The number of hydrogen-bond acceptors (Lipinski definition) is 17. The summed E-state index contributed by atoms with van der Waals surface area (Å²) < 4.78 is 62.9. The van der Waals surface area contributed by atoms with Gasteiger partial charge in [0.1, 0.15) is 18.5 Å². The number of carbonyl (C=O) groups excluding carboxylic acids is 4. The quantitative estimate of drug-likeness (QED) is 0.127. The van der Waals surface area contributed by atoms with Crippen molar-refractivity contribution < 1.29 is 71.7 Å². The molecule has 4 rings (SSSR count). The van der Waals surface area contributed by atoms with Crippen LogP contribution in [0, 0.1) is 17.8 Å². The number of cyclic esters (lactones) is 1. The first kappa shape index (κ1) is 51.2. The standard InChI is InChI=1S/C44H76N2O15/c1-16-32-44(11)37(60-41(50)61-44)28(6)46(14)23-24(2)21-42(9,51)36(59-40-35(56-30(8)48)31(45(12)13)20-25(3)54-40)26(4)34(27(5)39(49)57-32)58-33-22-43(10,52-15)38(29(7)55-33)53-19-17-18-47/h18,24-29,31-38,40,51H,16-17,19-23H2,1-15H3/t24-,25-,26+,27-,28-,29+,31+,32-,33+,34+,35-,36-,37-,38+,40+,42-,43-,44-/m1/s1. The lowest BCUT2D eigenvalue weighted by Crippen LogP contribution is -2.61. The smallest absolute Gasteiger partial charge is 0.458 e. The average Bonchev–Trinajstić information content (AvgIpc) is 3.48. The fourth-order valence-electron chi connectivity index (χ4n) is 10.2. The van der Waals surface area contributed by atoms with Gasteiger partial charge in [0.2, 0.25) is 0 Å². The van der Waals surface area contributed by atoms with E-state index in [1.807, 2.05) is 79.4 Å². The Balaban J connectivity index is 1.86. The minimum absolute atomic E-state index is 0.155. The summed E-state index contributed by atoms with van der Waals surface area (Å²) in [5.41, 5.74) is -3.86. The van der Waals surface area contributed by atoms with E-state index in [2.05, 4.69) is 0 Å². The summed E-state index contributed by atoms with van der Waals surface area (Å²) in [6, 6.07) is -0.651. The summed E-state index contributed by atoms with van der Waals surface area (Å²) in [7, 11) is 7.28. The molecule has 17 nitrogen and oxygen atoms in total. The first-order valence-electron chi connectivity index (χ1n) is 22.0. The van der Waals surface area contributed by atoms with Crippen LogP contribution in [0.15, 0.2) is 0 Å². The second-order valence-corrected chi connectivity index (χ2v) is 19.0. The molecule has 0 spiro atoms. The normalized spacial score (nSPS) is 44.5. The molecule has 4 aliphatic heterocycles. The van der Waals surface area contributed by atoms with E-state index in [1.165, 1.54) is 6.92 Å². The van der Waals surface area contributed by atoms with Crippen molar-refractivity contribution in [3.05, 3.63) is 0 Å². The Kier molecular flexibility index (Phi) is 17.6. The first-order chi connectivity index (χ1) is 28.4. The van der Waals surface area contributed by atoms with E-state index in [-0.39, 0.29) is 50.0 Å². The molecule has 4 saturated heterocycles. The van der Waals surface area contributed by atoms with Gasteiger partial charge in [0.25, 0.3) is 0 Å². The van der Waals surface area contributed by atoms with Crippen LogP contribution in [0.5, 0.6) is 0 Å². The third kappa shape index (κ3) is 11.8. The molecule has 4 heterocycles. The van der Waals surface area contributed by atoms with Crippen molar-refractivity contribution in [1.29, 1.82) is 0 Å². The minimum atomic E-state index is -1.60. The molecule has 0 aromatic rings. The zero-order valence-corrected chi connectivity index (χ0v) is 39.2. The van der Waals surface area contributed by atoms with Gasteiger partial charge in [-0.15, -0.1) is 0 Å². The Labute approximate surface area is 363 Å². The number of ether oxygens (including phenoxy) is 10. The number of esters is 2. The number of likely N-dealkylation sites (N-methyl/N-ethyl adjacent to an activating group) is 2. The summed E-state index contributed by atoms with van der Waals surface area (Å²) in [6.45, 7) is 20.4. The van der Waals surface area contributed by atoms with Crippen LogP contribution >= 0.6 is 0 Å². The molecule has 18 atom stereocenters. The number of nitrogens with zero attached hydrogens (tertiary/aromatic N) is 2. The molecule has 0 unspecified atom stereocenters. The van der Waals surface area contributed by atoms with Gasteiger partial charge in [-0.3, -0.25) is 14.5 Å². The highest BCUT2D eigenvalue weighted by molar-refractivity contribution is 5.73. The van der Waals surface area contributed by atoms with Crippen LogP contribution < -0.4 is 0 Å². The van der Waals surface area contributed by atoms with E-state index in [4.69, 9.17) is 47.4 Å². The van der Waals surface area contributed by atoms with Gasteiger partial charge in [0.15, 0.2) is 30.4 Å². The van der Waals surface area contributed by atoms with E-state index in [1.54, 1.807) is 27.9 Å². The SMILES string of the molecule is CC[C@H]1OC(=O)[C@H](C)[C@@H](O[C@H]2C[C@@](C)(OC)[C@@H](OCCC=O)[C@H](C)O2)[C@H](C)[C@@H](O[C@@H]2O[C@H](C)C[C@H](N(C)C)[C@H]2OC(C)=O)[C@](C)(O)C[C@@H](C)CN(C)[C@H](C)[C@H]2OC(=O)O[C@@]21C. The molecule has 0 aromatic heterocycles. The van der Waals surface area contributed by atoms with Gasteiger partial charge in [0, 0.05) is 45.4 Å². The molecule has 17 heteroatoms. The van der Waals surface area contributed by atoms with Crippen molar-refractivity contribution in [2.75, 3.05) is 41.4 Å². The van der Waals surface area contributed by atoms with Gasteiger partial charge >= 0.3 is 18.1 Å². The predicted molar refractivity (Wildman–Crippen MR) is 221 cm³/mol. The second kappa shape index (κ2) is 21.0. The summed E-state index contributed by atoms with van der Waals surface area (Å²) in [6.07, 6.45) is -6.73. The Hall–Kier alpha value is -2.48. The predicted octanol–water partition coefficient (Wildman–Crippen LogP) is 4.27. The Bertz CT molecular complexity index is 1480. The van der Waals surface area contributed by atoms with Crippen LogP contribution in [0.1, 0.15) is 108 Å². The Morgan fingerprint density at radius 3 is 2.25 bits per heavy atom. The number of hydrogen-bond donors (Lipinski definition) is 1. The molecular formula is C44H76N2O15. The molecule has 4 fully saturated rings. The largest absolute Gasteiger partial charge is 0.509 e. The highest BCUT2D eigenvalue weighted by atomic mass is 16.8. The highest BCUT2D eigenvalue weighted by Crippen LogP contribution is 2.42. The van der Waals surface area contributed by atoms with Gasteiger partial charge in [0.05, 0.1) is 54.2 Å². The number of carbonyl (C=O) groups is 4. The lowest BCUT2D eigenvalue weighted by Gasteiger charge is -2.49. The van der Waals surface area contributed by atoms with Crippen molar-refractivity contribution in [3.63, 3.8) is 0 Å². The van der Waals surface area contributed by atoms with Gasteiger partial charge < -0.3 is 62.2 Å². The van der Waals surface area contributed by atoms with Crippen LogP contribution in [0.4, 0.5) is 4.79 Å². The van der Waals surface area contributed by atoms with Crippen molar-refractivity contribution >= 4 is 24.4 Å². The second-order valence-electron chi connectivity index (χ2n) is 19.0. The fraction of sp³-hybridized carbons (Fsp3) is 0.909. The van der Waals surface area contributed by atoms with Gasteiger partial charge in [-0.05, 0) is 94.8 Å². The molecule has 4 aliphatic rings. The van der Waals surface area contributed by atoms with Gasteiger partial charge in [-0.2, -0.15) is 0 Å². The Morgan fingerprint density at radius 1 is 0.984 bits per heavy atom. The third-order valence-electron chi connectivity index (χ3n) is 13.4. The molecule has 0 aliphatic carbocycles. The number of methoxy groups -OCH3 is 1. The van der Waals surface area contributed by atoms with E-state index >= 15 is 0 Å². The molecule has 352 valence electrons. The zero-order chi connectivity index (χ0) is 45.8. The van der Waals surface area contributed by atoms with Crippen molar-refractivity contribution in [1.82, 2.24) is 9.80 Å². The van der Waals surface area contributed by atoms with E-state index in [0.29, 0.717) is 19.4 Å². The first-order valence-corrected chi connectivity index (χ1v) is 22.0. The summed E-state index contributed by atoms with van der Waals surface area (Å²) in [5, 5.41) is 12.8. The number of aldehydes is 1. The van der Waals surface area contributed by atoms with Gasteiger partial charge in [-0.1, -0.05) is 20.8 Å². The summed E-state index contributed by atoms with van der Waals surface area (Å²) in [5.74, 6) is -3.11. The molecule has 0 aromatic carbocycles. The zero-order valence-electron chi connectivity index (χ0n) is 39.2. The van der Waals surface area contributed by atoms with Crippen LogP contribution in [0.2, 0.25) is 0 Å². The molecule has 61 heavy (non-hydrogen) atoms. The average molecular weight is 873 g/mol. The number of aliphatic hydroxyl groups is 1. The number of fused-ring (bicyclic) bond motifs is 1. The molecule has 0 saturated carbocycles. The molecule has 0 radical (unpaired) electrons. The van der Waals surface area contributed by atoms with E-state index in [9.17, 15) is 24.3 Å². The summed E-state index contributed by atoms with van der Waals surface area (Å²) in [4.78, 5) is 55.2. The third-order valence-corrected chi connectivity index (χ3v) is 13.4. The van der Waals surface area contributed by atoms with Crippen LogP contribution in [-0.4, -0.2) is 171 Å². The lowest BCUT2D eigenvalue weighted by atomic mass is 9.77. The number of rotatable bonds is 12. The molecule has 0 bridgehead atoms.